The van der Waals surface area contributed by atoms with Crippen LogP contribution in [-0.2, 0) is 0 Å². The third kappa shape index (κ3) is 2.75. The third-order valence-electron chi connectivity index (χ3n) is 4.06. The van der Waals surface area contributed by atoms with Crippen LogP contribution in [0, 0.1) is 0 Å². The largest absolute Gasteiger partial charge is 0.360 e. The molecule has 3 heterocycles. The molecule has 2 aromatic heterocycles. The predicted molar refractivity (Wildman–Crippen MR) is 86.7 cm³/mol. The first-order valence-corrected chi connectivity index (χ1v) is 7.83. The summed E-state index contributed by atoms with van der Waals surface area (Å²) < 4.78 is 1.89. The topological polar surface area (TPSA) is 79.2 Å². The highest BCUT2D eigenvalue weighted by Crippen LogP contribution is 2.16. The van der Waals surface area contributed by atoms with Crippen molar-refractivity contribution in [2.45, 2.75) is 46.1 Å². The van der Waals surface area contributed by atoms with E-state index in [9.17, 15) is 4.79 Å². The van der Waals surface area contributed by atoms with E-state index in [4.69, 9.17) is 0 Å². The highest BCUT2D eigenvalue weighted by Gasteiger charge is 2.14. The molecule has 0 unspecified atom stereocenters. The van der Waals surface area contributed by atoms with Crippen LogP contribution in [0.15, 0.2) is 16.1 Å². The molecular formula is C15H22N6O. The molecule has 0 aromatic carbocycles. The molecule has 2 aromatic rings. The van der Waals surface area contributed by atoms with Crippen molar-refractivity contribution in [3.05, 3.63) is 16.7 Å². The van der Waals surface area contributed by atoms with Crippen LogP contribution in [0.25, 0.3) is 11.2 Å². The number of aromatic nitrogens is 4. The Kier molecular flexibility index (Phi) is 3.96. The summed E-state index contributed by atoms with van der Waals surface area (Å²) in [7, 11) is 0. The second-order valence-electron chi connectivity index (χ2n) is 6.01. The van der Waals surface area contributed by atoms with Crippen molar-refractivity contribution in [3.63, 3.8) is 0 Å². The summed E-state index contributed by atoms with van der Waals surface area (Å²) in [4.78, 5) is 30.2. The van der Waals surface area contributed by atoms with Crippen LogP contribution in [0.1, 0.15) is 46.1 Å². The van der Waals surface area contributed by atoms with Crippen LogP contribution in [0.2, 0.25) is 0 Å². The molecule has 0 bridgehead atoms. The van der Waals surface area contributed by atoms with E-state index in [1.165, 1.54) is 19.3 Å². The van der Waals surface area contributed by atoms with Crippen molar-refractivity contribution in [1.29, 1.82) is 0 Å². The Morgan fingerprint density at radius 3 is 2.73 bits per heavy atom. The smallest absolute Gasteiger partial charge is 0.280 e. The lowest BCUT2D eigenvalue weighted by Gasteiger charge is -2.27. The highest BCUT2D eigenvalue weighted by molar-refractivity contribution is 5.82. The number of amidine groups is 1. The van der Waals surface area contributed by atoms with Gasteiger partial charge in [0.05, 0.1) is 6.33 Å². The van der Waals surface area contributed by atoms with E-state index in [0.717, 1.165) is 18.9 Å². The van der Waals surface area contributed by atoms with Crippen molar-refractivity contribution in [2.75, 3.05) is 13.1 Å². The molecule has 1 aliphatic heterocycles. The molecular weight excluding hydrogens is 280 g/mol. The van der Waals surface area contributed by atoms with E-state index < -0.39 is 0 Å². The highest BCUT2D eigenvalue weighted by atomic mass is 16.1. The van der Waals surface area contributed by atoms with Gasteiger partial charge in [0.1, 0.15) is 5.84 Å². The zero-order valence-electron chi connectivity index (χ0n) is 13.3. The number of nitrogens with one attached hydrogen (secondary N) is 1. The number of piperidine rings is 1. The van der Waals surface area contributed by atoms with E-state index in [-0.39, 0.29) is 11.6 Å². The van der Waals surface area contributed by atoms with E-state index in [2.05, 4.69) is 24.8 Å². The van der Waals surface area contributed by atoms with Gasteiger partial charge in [-0.15, -0.1) is 0 Å². The van der Waals surface area contributed by atoms with Crippen LogP contribution < -0.4 is 5.56 Å². The van der Waals surface area contributed by atoms with Gasteiger partial charge in [-0.05, 0) is 40.0 Å². The second-order valence-corrected chi connectivity index (χ2v) is 6.01. The molecule has 1 saturated heterocycles. The molecule has 22 heavy (non-hydrogen) atoms. The number of hydrogen-bond donors (Lipinski definition) is 1. The fourth-order valence-corrected chi connectivity index (χ4v) is 2.79. The molecule has 0 saturated carbocycles. The minimum absolute atomic E-state index is 0.194. The number of hydrogen-bond acceptors (Lipinski definition) is 4. The average Bonchev–Trinajstić information content (AvgIpc) is 2.92. The van der Waals surface area contributed by atoms with E-state index in [0.29, 0.717) is 17.1 Å². The number of likely N-dealkylation sites (tertiary alicyclic amines) is 1. The molecule has 0 atom stereocenters. The molecule has 7 nitrogen and oxygen atoms in total. The number of H-pyrrole nitrogens is 1. The maximum absolute atomic E-state index is 12.1. The molecule has 118 valence electrons. The summed E-state index contributed by atoms with van der Waals surface area (Å²) in [5.74, 6) is 1.25. The molecule has 1 fully saturated rings. The normalized spacial score (nSPS) is 16.7. The lowest BCUT2D eigenvalue weighted by atomic mass is 10.1. The fraction of sp³-hybridized carbons (Fsp3) is 0.600. The summed E-state index contributed by atoms with van der Waals surface area (Å²) in [6, 6.07) is 0.194. The molecule has 0 amide bonds. The molecule has 0 aliphatic carbocycles. The number of imidazole rings is 1. The van der Waals surface area contributed by atoms with Crippen LogP contribution in [0.4, 0.5) is 5.95 Å². The quantitative estimate of drug-likeness (QED) is 0.681. The molecule has 3 rings (SSSR count). The Morgan fingerprint density at radius 1 is 1.32 bits per heavy atom. The lowest BCUT2D eigenvalue weighted by molar-refractivity contribution is 0.340. The van der Waals surface area contributed by atoms with Gasteiger partial charge in [-0.1, -0.05) is 0 Å². The monoisotopic (exact) mass is 302 g/mol. The summed E-state index contributed by atoms with van der Waals surface area (Å²) in [5, 5.41) is 0. The summed E-state index contributed by atoms with van der Waals surface area (Å²) in [6.45, 7) is 8.07. The Balaban J connectivity index is 2.00. The molecule has 0 radical (unpaired) electrons. The van der Waals surface area contributed by atoms with Crippen LogP contribution in [-0.4, -0.2) is 43.3 Å². The zero-order valence-corrected chi connectivity index (χ0v) is 13.3. The van der Waals surface area contributed by atoms with E-state index in [1.807, 2.05) is 25.3 Å². The van der Waals surface area contributed by atoms with E-state index >= 15 is 0 Å². The molecule has 1 N–H and O–H groups in total. The van der Waals surface area contributed by atoms with Crippen molar-refractivity contribution in [1.82, 2.24) is 24.4 Å². The van der Waals surface area contributed by atoms with Crippen LogP contribution in [0.5, 0.6) is 0 Å². The number of fused-ring (bicyclic) bond motifs is 1. The number of nitrogens with zero attached hydrogens (tertiary/aromatic N) is 5. The summed E-state index contributed by atoms with van der Waals surface area (Å²) in [5.41, 5.74) is 0.710. The van der Waals surface area contributed by atoms with Crippen molar-refractivity contribution < 1.29 is 0 Å². The summed E-state index contributed by atoms with van der Waals surface area (Å²) in [6.07, 6.45) is 5.31. The lowest BCUT2D eigenvalue weighted by Crippen LogP contribution is -2.33. The predicted octanol–water partition coefficient (Wildman–Crippen LogP) is 2.24. The maximum atomic E-state index is 12.1. The molecule has 1 aliphatic rings. The van der Waals surface area contributed by atoms with Gasteiger partial charge in [0.25, 0.3) is 5.56 Å². The first kappa shape index (κ1) is 14.7. The number of aromatic amines is 1. The van der Waals surface area contributed by atoms with Crippen molar-refractivity contribution in [2.24, 2.45) is 4.99 Å². The van der Waals surface area contributed by atoms with Crippen molar-refractivity contribution in [3.8, 4) is 0 Å². The van der Waals surface area contributed by atoms with Gasteiger partial charge in [-0.25, -0.2) is 9.98 Å². The van der Waals surface area contributed by atoms with Gasteiger partial charge in [0.15, 0.2) is 11.2 Å². The third-order valence-corrected chi connectivity index (χ3v) is 4.06. The molecule has 0 spiro atoms. The first-order chi connectivity index (χ1) is 10.6. The van der Waals surface area contributed by atoms with Crippen LogP contribution >= 0.6 is 0 Å². The van der Waals surface area contributed by atoms with Gasteiger partial charge in [0.2, 0.25) is 5.95 Å². The first-order valence-electron chi connectivity index (χ1n) is 7.83. The fourth-order valence-electron chi connectivity index (χ4n) is 2.79. The Morgan fingerprint density at radius 2 is 2.05 bits per heavy atom. The summed E-state index contributed by atoms with van der Waals surface area (Å²) >= 11 is 0. The SMILES string of the molecule is C/C(=N\c1nc2c(ncn2C(C)C)c(=O)[nH]1)N1CCCCC1. The minimum atomic E-state index is -0.241. The standard InChI is InChI=1S/C15H22N6O/c1-10(2)21-9-16-12-13(21)18-15(19-14(12)22)17-11(3)20-7-5-4-6-8-20/h9-10H,4-8H2,1-3H3,(H,18,19,22)/b17-11+. The maximum Gasteiger partial charge on any atom is 0.280 e. The average molecular weight is 302 g/mol. The second kappa shape index (κ2) is 5.90. The van der Waals surface area contributed by atoms with Gasteiger partial charge in [-0.3, -0.25) is 9.78 Å². The minimum Gasteiger partial charge on any atom is -0.360 e. The Bertz CT molecular complexity index is 751. The van der Waals surface area contributed by atoms with Crippen molar-refractivity contribution >= 4 is 22.9 Å². The van der Waals surface area contributed by atoms with Gasteiger partial charge in [0, 0.05) is 19.1 Å². The number of aliphatic imine (C=N–C) groups is 1. The zero-order chi connectivity index (χ0) is 15.7. The Hall–Kier alpha value is -2.18. The Labute approximate surface area is 129 Å². The van der Waals surface area contributed by atoms with Crippen LogP contribution in [0.3, 0.4) is 0 Å². The van der Waals surface area contributed by atoms with Gasteiger partial charge in [-0.2, -0.15) is 4.98 Å². The van der Waals surface area contributed by atoms with Gasteiger partial charge < -0.3 is 9.47 Å². The van der Waals surface area contributed by atoms with Gasteiger partial charge >= 0.3 is 0 Å². The van der Waals surface area contributed by atoms with E-state index in [1.54, 1.807) is 6.33 Å². The molecule has 7 heteroatoms. The number of rotatable bonds is 2.